The summed E-state index contributed by atoms with van der Waals surface area (Å²) in [6, 6.07) is 14.3. The normalized spacial score (nSPS) is 24.4. The maximum atomic E-state index is 13.1. The van der Waals surface area contributed by atoms with Gasteiger partial charge in [-0.1, -0.05) is 37.6 Å². The Hall–Kier alpha value is -1.37. The maximum Gasteiger partial charge on any atom is 0.414 e. The lowest BCUT2D eigenvalue weighted by Gasteiger charge is -2.34. The summed E-state index contributed by atoms with van der Waals surface area (Å²) in [5, 5.41) is 2.16. The third-order valence-corrected chi connectivity index (χ3v) is 7.54. The van der Waals surface area contributed by atoms with E-state index in [4.69, 9.17) is 4.74 Å². The molecule has 4 nitrogen and oxygen atoms in total. The fourth-order valence-corrected chi connectivity index (χ4v) is 5.79. The van der Waals surface area contributed by atoms with Crippen molar-refractivity contribution in [1.82, 2.24) is 0 Å². The highest BCUT2D eigenvalue weighted by Gasteiger charge is 2.52. The molecule has 1 amide bonds. The number of thiophene rings is 1. The van der Waals surface area contributed by atoms with E-state index in [0.29, 0.717) is 5.92 Å². The van der Waals surface area contributed by atoms with Gasteiger partial charge in [-0.05, 0) is 36.4 Å². The molecule has 1 aromatic carbocycles. The molecule has 0 spiro atoms. The van der Waals surface area contributed by atoms with Gasteiger partial charge in [0.15, 0.2) is 6.10 Å². The van der Waals surface area contributed by atoms with Crippen LogP contribution in [0, 0.1) is 5.92 Å². The predicted molar refractivity (Wildman–Crippen MR) is 119 cm³/mol. The van der Waals surface area contributed by atoms with Gasteiger partial charge in [0.05, 0.1) is 25.6 Å². The number of hydrogen-bond acceptors (Lipinski definition) is 3. The van der Waals surface area contributed by atoms with Gasteiger partial charge < -0.3 is 26.2 Å². The molecule has 0 N–H and O–H groups in total. The number of amides is 1. The second-order valence-corrected chi connectivity index (χ2v) is 9.68. The zero-order valence-corrected chi connectivity index (χ0v) is 20.2. The number of nitrogens with zero attached hydrogens (tertiary/aromatic N) is 2. The van der Waals surface area contributed by atoms with Gasteiger partial charge in [-0.15, -0.1) is 11.3 Å². The zero-order valence-electron chi connectivity index (χ0n) is 17.8. The lowest BCUT2D eigenvalue weighted by molar-refractivity contribution is -0.910. The molecule has 0 aliphatic carbocycles. The standard InChI is InChI=1S/C24H33N2O2S.BrH/c1-2-3-14-25(21-9-5-4-6-10-21)24(27)28-23-19-26(16-13-20(23)18-26)15-7-11-22-12-8-17-29-22;/h4-6,8-10,12,17,20,23H,2-3,7,11,13-16,18-19H2,1H3;1H/q+1;/p-1/t20?,23-,26?;/m0./s1. The second-order valence-electron chi connectivity index (χ2n) is 8.65. The lowest BCUT2D eigenvalue weighted by atomic mass is 10.0. The van der Waals surface area contributed by atoms with Crippen molar-refractivity contribution < 1.29 is 31.0 Å². The van der Waals surface area contributed by atoms with Crippen molar-refractivity contribution in [2.75, 3.05) is 37.6 Å². The van der Waals surface area contributed by atoms with Gasteiger partial charge in [0, 0.05) is 30.0 Å². The summed E-state index contributed by atoms with van der Waals surface area (Å²) < 4.78 is 7.26. The van der Waals surface area contributed by atoms with E-state index < -0.39 is 0 Å². The number of piperidine rings is 1. The maximum absolute atomic E-state index is 13.1. The van der Waals surface area contributed by atoms with Crippen LogP contribution in [0.25, 0.3) is 0 Å². The van der Waals surface area contributed by atoms with Gasteiger partial charge in [0.2, 0.25) is 0 Å². The van der Waals surface area contributed by atoms with E-state index in [0.717, 1.165) is 36.1 Å². The monoisotopic (exact) mass is 492 g/mol. The van der Waals surface area contributed by atoms with Crippen LogP contribution in [0.2, 0.25) is 0 Å². The molecule has 2 bridgehead atoms. The Labute approximate surface area is 195 Å². The minimum atomic E-state index is -0.167. The van der Waals surface area contributed by atoms with Crippen LogP contribution in [-0.2, 0) is 11.2 Å². The number of fused-ring (bicyclic) bond motifs is 2. The minimum Gasteiger partial charge on any atom is -1.00 e. The average Bonchev–Trinajstić information content (AvgIpc) is 3.46. The molecule has 30 heavy (non-hydrogen) atoms. The summed E-state index contributed by atoms with van der Waals surface area (Å²) in [6.45, 7) is 7.52. The van der Waals surface area contributed by atoms with Gasteiger partial charge >= 0.3 is 6.09 Å². The van der Waals surface area contributed by atoms with E-state index >= 15 is 0 Å². The summed E-state index contributed by atoms with van der Waals surface area (Å²) in [4.78, 5) is 16.4. The summed E-state index contributed by atoms with van der Waals surface area (Å²) in [7, 11) is 0. The highest BCUT2D eigenvalue weighted by atomic mass is 79.9. The Bertz CT molecular complexity index is 786. The van der Waals surface area contributed by atoms with Crippen molar-refractivity contribution in [3.05, 3.63) is 52.7 Å². The Morgan fingerprint density at radius 1 is 1.17 bits per heavy atom. The van der Waals surface area contributed by atoms with E-state index in [1.54, 1.807) is 0 Å². The first-order valence-electron chi connectivity index (χ1n) is 11.1. The Morgan fingerprint density at radius 3 is 2.73 bits per heavy atom. The number of carbonyl (C=O) groups excluding carboxylic acids is 1. The molecule has 3 atom stereocenters. The van der Waals surface area contributed by atoms with Gasteiger partial charge in [0.25, 0.3) is 0 Å². The molecule has 6 heteroatoms. The molecule has 2 aromatic rings. The first-order chi connectivity index (χ1) is 14.2. The number of rotatable bonds is 9. The van der Waals surface area contributed by atoms with E-state index in [1.165, 1.54) is 43.8 Å². The van der Waals surface area contributed by atoms with Crippen molar-refractivity contribution in [1.29, 1.82) is 0 Å². The number of carbonyl (C=O) groups is 1. The first kappa shape index (κ1) is 23.3. The van der Waals surface area contributed by atoms with Crippen molar-refractivity contribution in [2.24, 2.45) is 5.92 Å². The van der Waals surface area contributed by atoms with Gasteiger partial charge in [-0.3, -0.25) is 4.90 Å². The molecule has 0 saturated carbocycles. The van der Waals surface area contributed by atoms with Crippen LogP contribution >= 0.6 is 11.3 Å². The van der Waals surface area contributed by atoms with Crippen molar-refractivity contribution in [3.8, 4) is 0 Å². The number of halogens is 1. The van der Waals surface area contributed by atoms with Crippen LogP contribution in [0.3, 0.4) is 0 Å². The van der Waals surface area contributed by atoms with Gasteiger partial charge in [-0.2, -0.15) is 0 Å². The SMILES string of the molecule is CCCCN(C(=O)O[C@H]1C[N+]2(CCCc3cccs3)CCC1C2)c1ccccc1.[Br-]. The average molecular weight is 494 g/mol. The van der Waals surface area contributed by atoms with Crippen molar-refractivity contribution in [3.63, 3.8) is 0 Å². The number of para-hydroxylation sites is 1. The summed E-state index contributed by atoms with van der Waals surface area (Å²) >= 11 is 1.86. The molecule has 2 aliphatic heterocycles. The molecule has 164 valence electrons. The molecule has 4 rings (SSSR count). The number of hydrogen-bond donors (Lipinski definition) is 0. The third kappa shape index (κ3) is 5.45. The molecule has 0 radical (unpaired) electrons. The Morgan fingerprint density at radius 2 is 2.00 bits per heavy atom. The highest BCUT2D eigenvalue weighted by molar-refractivity contribution is 7.09. The number of anilines is 1. The molecule has 2 fully saturated rings. The number of benzene rings is 1. The van der Waals surface area contributed by atoms with Crippen LogP contribution in [-0.4, -0.2) is 49.4 Å². The summed E-state index contributed by atoms with van der Waals surface area (Å²) in [5.74, 6) is 0.532. The van der Waals surface area contributed by atoms with Crippen LogP contribution < -0.4 is 21.9 Å². The largest absolute Gasteiger partial charge is 1.00 e. The van der Waals surface area contributed by atoms with Crippen molar-refractivity contribution >= 4 is 23.1 Å². The van der Waals surface area contributed by atoms with Crippen LogP contribution in [0.1, 0.15) is 37.5 Å². The van der Waals surface area contributed by atoms with Crippen LogP contribution in [0.4, 0.5) is 10.5 Å². The smallest absolute Gasteiger partial charge is 0.414 e. The highest BCUT2D eigenvalue weighted by Crippen LogP contribution is 2.38. The van der Waals surface area contributed by atoms with E-state index in [9.17, 15) is 4.79 Å². The van der Waals surface area contributed by atoms with Crippen molar-refractivity contribution in [2.45, 2.75) is 45.1 Å². The second kappa shape index (κ2) is 10.8. The third-order valence-electron chi connectivity index (χ3n) is 6.60. The zero-order chi connectivity index (χ0) is 20.1. The minimum absolute atomic E-state index is 0. The molecule has 2 aliphatic rings. The van der Waals surface area contributed by atoms with Crippen LogP contribution in [0.5, 0.6) is 0 Å². The number of ether oxygens (including phenoxy) is 1. The van der Waals surface area contributed by atoms with E-state index in [-0.39, 0.29) is 29.2 Å². The number of aryl methyl sites for hydroxylation is 1. The molecular formula is C24H33BrN2O2S. The van der Waals surface area contributed by atoms with E-state index in [1.807, 2.05) is 46.6 Å². The number of quaternary nitrogens is 1. The van der Waals surface area contributed by atoms with Gasteiger partial charge in [0.1, 0.15) is 6.54 Å². The van der Waals surface area contributed by atoms with E-state index in [2.05, 4.69) is 24.4 Å². The molecule has 1 aromatic heterocycles. The lowest BCUT2D eigenvalue weighted by Crippen LogP contribution is -3.00. The Balaban J connectivity index is 0.00000256. The summed E-state index contributed by atoms with van der Waals surface area (Å²) in [6.07, 6.45) is 5.54. The quantitative estimate of drug-likeness (QED) is 0.502. The topological polar surface area (TPSA) is 29.5 Å². The molecule has 2 saturated heterocycles. The Kier molecular flexibility index (Phi) is 8.37. The van der Waals surface area contributed by atoms with Gasteiger partial charge in [-0.25, -0.2) is 4.79 Å². The number of unbranched alkanes of at least 4 members (excludes halogenated alkanes) is 1. The summed E-state index contributed by atoms with van der Waals surface area (Å²) in [5.41, 5.74) is 0.939. The molecule has 2 unspecified atom stereocenters. The molecule has 3 heterocycles. The molecular weight excluding hydrogens is 460 g/mol. The fourth-order valence-electron chi connectivity index (χ4n) is 5.03. The predicted octanol–water partition coefficient (Wildman–Crippen LogP) is 2.35. The fraction of sp³-hybridized carbons (Fsp3) is 0.542. The first-order valence-corrected chi connectivity index (χ1v) is 12.0. The van der Waals surface area contributed by atoms with Crippen LogP contribution in [0.15, 0.2) is 47.8 Å².